The van der Waals surface area contributed by atoms with Crippen LogP contribution >= 0.6 is 0 Å². The number of benzene rings is 2. The van der Waals surface area contributed by atoms with Gasteiger partial charge in [-0.15, -0.1) is 0 Å². The minimum atomic E-state index is -0.673. The van der Waals surface area contributed by atoms with Gasteiger partial charge in [0, 0.05) is 27.2 Å². The first-order chi connectivity index (χ1) is 30.0. The average Bonchev–Trinajstić information content (AvgIpc) is 4.02. The number of rotatable bonds is 16. The Morgan fingerprint density at radius 2 is 1.19 bits per heavy atom. The van der Waals surface area contributed by atoms with Crippen molar-refractivity contribution < 1.29 is 28.7 Å². The molecule has 5 rings (SSSR count). The maximum atomic E-state index is 14.1. The standard InChI is InChI=1S/C50H72N8O6/c1-14-25-57(45(59)41(27-32(2)3)55(12)47(61)63-49(6,7)8)31-43-51-29-38(53-43)36-21-17-34(18-22-36)35-19-23-37(24-20-35)39-30-52-44(54-39)40-16-15-26-58(40)46(60)42(28-33(4)5)56(13)48(62)64-50(9,10)11/h17-24,29-30,32-33,40-42H,14-16,25-28,31H2,1-13H3,(H,51,53)(H,52,54)/t40-,41-,42-/m0/s1. The Kier molecular flexibility index (Phi) is 16.1. The molecule has 2 N–H and O–H groups in total. The highest BCUT2D eigenvalue weighted by molar-refractivity contribution is 5.87. The van der Waals surface area contributed by atoms with Crippen LogP contribution in [0.15, 0.2) is 60.9 Å². The van der Waals surface area contributed by atoms with E-state index < -0.39 is 35.5 Å². The molecule has 3 heterocycles. The molecule has 1 fully saturated rings. The summed E-state index contributed by atoms with van der Waals surface area (Å²) in [6.45, 7) is 22.5. The van der Waals surface area contributed by atoms with Crippen molar-refractivity contribution >= 4 is 24.0 Å². The van der Waals surface area contributed by atoms with E-state index in [2.05, 4.69) is 77.3 Å². The molecule has 4 amide bonds. The fourth-order valence-electron chi connectivity index (χ4n) is 8.03. The number of carbonyl (C=O) groups is 4. The Balaban J connectivity index is 1.24. The van der Waals surface area contributed by atoms with Crippen molar-refractivity contribution in [1.29, 1.82) is 0 Å². The summed E-state index contributed by atoms with van der Waals surface area (Å²) >= 11 is 0. The quantitative estimate of drug-likeness (QED) is 0.113. The van der Waals surface area contributed by atoms with Crippen LogP contribution in [-0.2, 0) is 25.6 Å². The zero-order valence-corrected chi connectivity index (χ0v) is 40.4. The molecule has 348 valence electrons. The normalized spacial score (nSPS) is 15.3. The predicted octanol–water partition coefficient (Wildman–Crippen LogP) is 10.1. The van der Waals surface area contributed by atoms with E-state index in [9.17, 15) is 19.2 Å². The van der Waals surface area contributed by atoms with Gasteiger partial charge in [0.15, 0.2) is 0 Å². The molecule has 14 heteroatoms. The maximum absolute atomic E-state index is 14.1. The number of carbonyl (C=O) groups excluding carboxylic acids is 4. The molecule has 0 unspecified atom stereocenters. The number of nitrogens with one attached hydrogen (secondary N) is 2. The van der Waals surface area contributed by atoms with Crippen molar-refractivity contribution in [1.82, 2.24) is 39.5 Å². The molecule has 1 saturated heterocycles. The van der Waals surface area contributed by atoms with Gasteiger partial charge < -0.3 is 29.2 Å². The number of hydrogen-bond donors (Lipinski definition) is 2. The Morgan fingerprint density at radius 3 is 1.69 bits per heavy atom. The number of likely N-dealkylation sites (N-methyl/N-ethyl adjacent to an activating group) is 2. The number of nitrogens with zero attached hydrogens (tertiary/aromatic N) is 6. The van der Waals surface area contributed by atoms with Crippen molar-refractivity contribution in [3.05, 3.63) is 72.6 Å². The van der Waals surface area contributed by atoms with Gasteiger partial charge in [-0.3, -0.25) is 19.4 Å². The molecule has 64 heavy (non-hydrogen) atoms. The Hall–Kier alpha value is -5.66. The lowest BCUT2D eigenvalue weighted by atomic mass is 10.0. The third kappa shape index (κ3) is 13.0. The second kappa shape index (κ2) is 20.9. The van der Waals surface area contributed by atoms with Gasteiger partial charge in [-0.05, 0) is 108 Å². The van der Waals surface area contributed by atoms with Gasteiger partial charge in [-0.1, -0.05) is 83.1 Å². The number of aromatic nitrogens is 4. The highest BCUT2D eigenvalue weighted by atomic mass is 16.6. The Morgan fingerprint density at radius 1 is 0.719 bits per heavy atom. The first kappa shape index (κ1) is 49.4. The van der Waals surface area contributed by atoms with E-state index >= 15 is 0 Å². The third-order valence-electron chi connectivity index (χ3n) is 11.2. The number of aromatic amines is 2. The number of imidazole rings is 2. The predicted molar refractivity (Wildman–Crippen MR) is 251 cm³/mol. The SMILES string of the molecule is CCCN(Cc1ncc(-c2ccc(-c3ccc(-c4cnc([C@@H]5CCCN5C(=O)[C@H](CC(C)C)N(C)C(=O)OC(C)(C)C)[nH]4)cc3)cc2)[nH]1)C(=O)[C@H](CC(C)C)N(C)C(=O)OC(C)(C)C. The summed E-state index contributed by atoms with van der Waals surface area (Å²) in [6.07, 6.45) is 6.01. The minimum absolute atomic E-state index is 0.0897. The maximum Gasteiger partial charge on any atom is 0.410 e. The van der Waals surface area contributed by atoms with Crippen molar-refractivity contribution in [2.24, 2.45) is 11.8 Å². The van der Waals surface area contributed by atoms with Crippen LogP contribution in [0.2, 0.25) is 0 Å². The number of ether oxygens (including phenoxy) is 2. The van der Waals surface area contributed by atoms with Gasteiger partial charge in [0.2, 0.25) is 11.8 Å². The molecule has 14 nitrogen and oxygen atoms in total. The topological polar surface area (TPSA) is 157 Å². The smallest absolute Gasteiger partial charge is 0.410 e. The second-order valence-corrected chi connectivity index (χ2v) is 20.0. The lowest BCUT2D eigenvalue weighted by molar-refractivity contribution is -0.138. The molecule has 0 saturated carbocycles. The summed E-state index contributed by atoms with van der Waals surface area (Å²) in [7, 11) is 3.29. The fraction of sp³-hybridized carbons (Fsp3) is 0.560. The van der Waals surface area contributed by atoms with Crippen LogP contribution in [0.25, 0.3) is 33.6 Å². The van der Waals surface area contributed by atoms with Crippen molar-refractivity contribution in [3.63, 3.8) is 0 Å². The zero-order chi connectivity index (χ0) is 47.1. The number of likely N-dealkylation sites (tertiary alicyclic amines) is 1. The van der Waals surface area contributed by atoms with Crippen molar-refractivity contribution in [3.8, 4) is 33.6 Å². The highest BCUT2D eigenvalue weighted by Crippen LogP contribution is 2.34. The van der Waals surface area contributed by atoms with Gasteiger partial charge in [0.05, 0.1) is 36.4 Å². The Labute approximate surface area is 380 Å². The van der Waals surface area contributed by atoms with Crippen LogP contribution in [0.5, 0.6) is 0 Å². The number of H-pyrrole nitrogens is 2. The summed E-state index contributed by atoms with van der Waals surface area (Å²) in [4.78, 5) is 77.1. The van der Waals surface area contributed by atoms with Gasteiger partial charge >= 0.3 is 12.2 Å². The molecule has 3 atom stereocenters. The van der Waals surface area contributed by atoms with Crippen molar-refractivity contribution in [2.45, 2.75) is 144 Å². The highest BCUT2D eigenvalue weighted by Gasteiger charge is 2.40. The molecule has 4 aromatic rings. The number of hydrogen-bond acceptors (Lipinski definition) is 8. The molecule has 2 aromatic heterocycles. The molecule has 1 aliphatic rings. The third-order valence-corrected chi connectivity index (χ3v) is 11.2. The van der Waals surface area contributed by atoms with Crippen LogP contribution in [0.1, 0.15) is 126 Å². The van der Waals surface area contributed by atoms with E-state index in [4.69, 9.17) is 14.5 Å². The van der Waals surface area contributed by atoms with E-state index in [-0.39, 0.29) is 36.2 Å². The van der Waals surface area contributed by atoms with Crippen LogP contribution in [-0.4, -0.2) is 114 Å². The van der Waals surface area contributed by atoms with Crippen LogP contribution in [0.3, 0.4) is 0 Å². The summed E-state index contributed by atoms with van der Waals surface area (Å²) in [5.74, 6) is 1.56. The lowest BCUT2D eigenvalue weighted by Gasteiger charge is -2.34. The van der Waals surface area contributed by atoms with Crippen LogP contribution in [0, 0.1) is 11.8 Å². The second-order valence-electron chi connectivity index (χ2n) is 20.0. The fourth-order valence-corrected chi connectivity index (χ4v) is 8.03. The largest absolute Gasteiger partial charge is 0.444 e. The van der Waals surface area contributed by atoms with E-state index in [0.717, 1.165) is 58.7 Å². The monoisotopic (exact) mass is 881 g/mol. The molecule has 1 aliphatic heterocycles. The molecule has 0 spiro atoms. The van der Waals surface area contributed by atoms with E-state index in [1.54, 1.807) is 25.2 Å². The molecule has 0 bridgehead atoms. The summed E-state index contributed by atoms with van der Waals surface area (Å²) in [6, 6.07) is 15.0. The van der Waals surface area contributed by atoms with Crippen LogP contribution in [0.4, 0.5) is 9.59 Å². The molecule has 2 aromatic carbocycles. The number of amides is 4. The average molecular weight is 881 g/mol. The van der Waals surface area contributed by atoms with E-state index in [1.807, 2.05) is 73.4 Å². The molecular weight excluding hydrogens is 809 g/mol. The summed E-state index contributed by atoms with van der Waals surface area (Å²) in [5, 5.41) is 0. The van der Waals surface area contributed by atoms with Gasteiger partial charge in [-0.25, -0.2) is 19.6 Å². The van der Waals surface area contributed by atoms with Crippen LogP contribution < -0.4 is 0 Å². The summed E-state index contributed by atoms with van der Waals surface area (Å²) < 4.78 is 11.2. The molecular formula is C50H72N8O6. The minimum Gasteiger partial charge on any atom is -0.444 e. The van der Waals surface area contributed by atoms with Gasteiger partial charge in [0.1, 0.15) is 34.9 Å². The van der Waals surface area contributed by atoms with Gasteiger partial charge in [0.25, 0.3) is 0 Å². The Bertz CT molecular complexity index is 2180. The first-order valence-corrected chi connectivity index (χ1v) is 22.9. The van der Waals surface area contributed by atoms with E-state index in [1.165, 1.54) is 9.80 Å². The zero-order valence-electron chi connectivity index (χ0n) is 40.4. The molecule has 0 aliphatic carbocycles. The van der Waals surface area contributed by atoms with Crippen molar-refractivity contribution in [2.75, 3.05) is 27.2 Å². The lowest BCUT2D eigenvalue weighted by Crippen LogP contribution is -2.51. The summed E-state index contributed by atoms with van der Waals surface area (Å²) in [5.41, 5.74) is 4.41. The van der Waals surface area contributed by atoms with E-state index in [0.29, 0.717) is 31.8 Å². The first-order valence-electron chi connectivity index (χ1n) is 22.9. The van der Waals surface area contributed by atoms with Gasteiger partial charge in [-0.2, -0.15) is 0 Å². The molecule has 0 radical (unpaired) electrons.